The van der Waals surface area contributed by atoms with Gasteiger partial charge in [-0.3, -0.25) is 4.79 Å². The largest absolute Gasteiger partial charge is 0.388 e. The Labute approximate surface area is 105 Å². The maximum absolute atomic E-state index is 12.7. The summed E-state index contributed by atoms with van der Waals surface area (Å²) < 4.78 is 12.7. The SMILES string of the molecule is CNc1ccc(C(=O)Nc2ccc(F)cc2)cc1. The number of rotatable bonds is 3. The van der Waals surface area contributed by atoms with E-state index in [-0.39, 0.29) is 11.7 Å². The van der Waals surface area contributed by atoms with Crippen molar-refractivity contribution in [2.75, 3.05) is 17.7 Å². The van der Waals surface area contributed by atoms with E-state index in [0.29, 0.717) is 11.3 Å². The molecule has 0 radical (unpaired) electrons. The van der Waals surface area contributed by atoms with E-state index >= 15 is 0 Å². The highest BCUT2D eigenvalue weighted by molar-refractivity contribution is 6.04. The monoisotopic (exact) mass is 244 g/mol. The Kier molecular flexibility index (Phi) is 3.57. The molecule has 0 atom stereocenters. The van der Waals surface area contributed by atoms with E-state index < -0.39 is 0 Å². The van der Waals surface area contributed by atoms with Crippen LogP contribution in [0.4, 0.5) is 15.8 Å². The zero-order chi connectivity index (χ0) is 13.0. The molecule has 2 rings (SSSR count). The molecule has 92 valence electrons. The highest BCUT2D eigenvalue weighted by atomic mass is 19.1. The van der Waals surface area contributed by atoms with Gasteiger partial charge in [0.25, 0.3) is 5.91 Å². The highest BCUT2D eigenvalue weighted by Crippen LogP contribution is 2.12. The first-order valence-electron chi connectivity index (χ1n) is 5.54. The lowest BCUT2D eigenvalue weighted by Crippen LogP contribution is -2.11. The summed E-state index contributed by atoms with van der Waals surface area (Å²) in [5.74, 6) is -0.546. The third kappa shape index (κ3) is 2.85. The topological polar surface area (TPSA) is 41.1 Å². The van der Waals surface area contributed by atoms with Crippen molar-refractivity contribution in [1.29, 1.82) is 0 Å². The van der Waals surface area contributed by atoms with Gasteiger partial charge in [0, 0.05) is 24.0 Å². The Morgan fingerprint density at radius 1 is 0.944 bits per heavy atom. The van der Waals surface area contributed by atoms with Crippen LogP contribution in [0.3, 0.4) is 0 Å². The van der Waals surface area contributed by atoms with Crippen LogP contribution in [0.2, 0.25) is 0 Å². The van der Waals surface area contributed by atoms with Gasteiger partial charge in [0.15, 0.2) is 0 Å². The molecular weight excluding hydrogens is 231 g/mol. The van der Waals surface area contributed by atoms with Crippen molar-refractivity contribution < 1.29 is 9.18 Å². The molecule has 0 bridgehead atoms. The molecule has 0 aliphatic rings. The molecule has 0 aliphatic heterocycles. The van der Waals surface area contributed by atoms with E-state index in [4.69, 9.17) is 0 Å². The van der Waals surface area contributed by atoms with Crippen LogP contribution in [0.25, 0.3) is 0 Å². The fraction of sp³-hybridized carbons (Fsp3) is 0.0714. The van der Waals surface area contributed by atoms with Gasteiger partial charge in [-0.05, 0) is 48.5 Å². The number of hydrogen-bond acceptors (Lipinski definition) is 2. The molecule has 0 heterocycles. The molecule has 2 aromatic carbocycles. The van der Waals surface area contributed by atoms with Crippen LogP contribution in [0.15, 0.2) is 48.5 Å². The zero-order valence-electron chi connectivity index (χ0n) is 9.91. The molecule has 2 N–H and O–H groups in total. The van der Waals surface area contributed by atoms with Gasteiger partial charge in [-0.1, -0.05) is 0 Å². The van der Waals surface area contributed by atoms with Crippen molar-refractivity contribution in [3.8, 4) is 0 Å². The number of nitrogens with one attached hydrogen (secondary N) is 2. The van der Waals surface area contributed by atoms with Gasteiger partial charge in [0.1, 0.15) is 5.82 Å². The Balaban J connectivity index is 2.09. The second-order valence-electron chi connectivity index (χ2n) is 3.79. The van der Waals surface area contributed by atoms with Gasteiger partial charge < -0.3 is 10.6 Å². The Morgan fingerprint density at radius 3 is 2.06 bits per heavy atom. The van der Waals surface area contributed by atoms with Crippen LogP contribution in [-0.4, -0.2) is 13.0 Å². The van der Waals surface area contributed by atoms with Crippen molar-refractivity contribution in [1.82, 2.24) is 0 Å². The predicted octanol–water partition coefficient (Wildman–Crippen LogP) is 3.12. The van der Waals surface area contributed by atoms with Gasteiger partial charge in [0.05, 0.1) is 0 Å². The maximum atomic E-state index is 12.7. The Hall–Kier alpha value is -2.36. The van der Waals surface area contributed by atoms with Crippen LogP contribution in [0.5, 0.6) is 0 Å². The lowest BCUT2D eigenvalue weighted by atomic mass is 10.2. The molecule has 1 amide bonds. The van der Waals surface area contributed by atoms with E-state index in [0.717, 1.165) is 5.69 Å². The zero-order valence-corrected chi connectivity index (χ0v) is 9.91. The summed E-state index contributed by atoms with van der Waals surface area (Å²) >= 11 is 0. The fourth-order valence-electron chi connectivity index (χ4n) is 1.52. The van der Waals surface area contributed by atoms with Crippen molar-refractivity contribution in [2.24, 2.45) is 0 Å². The number of benzene rings is 2. The van der Waals surface area contributed by atoms with Gasteiger partial charge >= 0.3 is 0 Å². The number of carbonyl (C=O) groups excluding carboxylic acids is 1. The van der Waals surface area contributed by atoms with Gasteiger partial charge in [-0.2, -0.15) is 0 Å². The molecule has 2 aromatic rings. The van der Waals surface area contributed by atoms with Crippen LogP contribution >= 0.6 is 0 Å². The average Bonchev–Trinajstić information content (AvgIpc) is 2.41. The third-order valence-corrected chi connectivity index (χ3v) is 2.54. The summed E-state index contributed by atoms with van der Waals surface area (Å²) in [6.45, 7) is 0. The van der Waals surface area contributed by atoms with E-state index in [9.17, 15) is 9.18 Å². The molecule has 0 saturated heterocycles. The summed E-state index contributed by atoms with van der Waals surface area (Å²) in [5.41, 5.74) is 2.06. The Bertz CT molecular complexity index is 535. The van der Waals surface area contributed by atoms with Crippen molar-refractivity contribution in [2.45, 2.75) is 0 Å². The first-order valence-corrected chi connectivity index (χ1v) is 5.54. The number of amides is 1. The molecule has 0 fully saturated rings. The average molecular weight is 244 g/mol. The Morgan fingerprint density at radius 2 is 1.50 bits per heavy atom. The number of anilines is 2. The lowest BCUT2D eigenvalue weighted by molar-refractivity contribution is 0.102. The number of hydrogen-bond donors (Lipinski definition) is 2. The quantitative estimate of drug-likeness (QED) is 0.871. The van der Waals surface area contributed by atoms with Crippen LogP contribution in [0.1, 0.15) is 10.4 Å². The van der Waals surface area contributed by atoms with E-state index in [1.165, 1.54) is 24.3 Å². The second-order valence-corrected chi connectivity index (χ2v) is 3.79. The van der Waals surface area contributed by atoms with E-state index in [1.807, 2.05) is 19.2 Å². The molecule has 0 aliphatic carbocycles. The predicted molar refractivity (Wildman–Crippen MR) is 70.3 cm³/mol. The maximum Gasteiger partial charge on any atom is 0.255 e. The minimum absolute atomic E-state index is 0.218. The molecule has 0 spiro atoms. The van der Waals surface area contributed by atoms with Crippen molar-refractivity contribution in [3.63, 3.8) is 0 Å². The summed E-state index contributed by atoms with van der Waals surface area (Å²) in [4.78, 5) is 11.9. The summed E-state index contributed by atoms with van der Waals surface area (Å²) in [6.07, 6.45) is 0. The standard InChI is InChI=1S/C14H13FN2O/c1-16-12-6-2-10(3-7-12)14(18)17-13-8-4-11(15)5-9-13/h2-9,16H,1H3,(H,17,18). The summed E-state index contributed by atoms with van der Waals surface area (Å²) in [6, 6.07) is 12.7. The molecule has 0 saturated carbocycles. The second kappa shape index (κ2) is 5.31. The molecule has 0 aromatic heterocycles. The molecule has 4 heteroatoms. The molecule has 0 unspecified atom stereocenters. The summed E-state index contributed by atoms with van der Waals surface area (Å²) in [7, 11) is 1.81. The fourth-order valence-corrected chi connectivity index (χ4v) is 1.52. The minimum Gasteiger partial charge on any atom is -0.388 e. The van der Waals surface area contributed by atoms with Crippen molar-refractivity contribution in [3.05, 3.63) is 59.9 Å². The van der Waals surface area contributed by atoms with Gasteiger partial charge in [-0.15, -0.1) is 0 Å². The minimum atomic E-state index is -0.327. The third-order valence-electron chi connectivity index (χ3n) is 2.54. The number of carbonyl (C=O) groups is 1. The normalized spacial score (nSPS) is 9.89. The lowest BCUT2D eigenvalue weighted by Gasteiger charge is -2.06. The molecule has 18 heavy (non-hydrogen) atoms. The molecular formula is C14H13FN2O. The van der Waals surface area contributed by atoms with E-state index in [2.05, 4.69) is 10.6 Å². The van der Waals surface area contributed by atoms with Crippen molar-refractivity contribution >= 4 is 17.3 Å². The smallest absolute Gasteiger partial charge is 0.255 e. The van der Waals surface area contributed by atoms with E-state index in [1.54, 1.807) is 12.1 Å². The number of halogens is 1. The highest BCUT2D eigenvalue weighted by Gasteiger charge is 2.05. The van der Waals surface area contributed by atoms with Crippen LogP contribution in [-0.2, 0) is 0 Å². The summed E-state index contributed by atoms with van der Waals surface area (Å²) in [5, 5.41) is 5.67. The first kappa shape index (κ1) is 12.1. The van der Waals surface area contributed by atoms with Gasteiger partial charge in [0.2, 0.25) is 0 Å². The van der Waals surface area contributed by atoms with Crippen LogP contribution in [0, 0.1) is 5.82 Å². The van der Waals surface area contributed by atoms with Gasteiger partial charge in [-0.25, -0.2) is 4.39 Å². The van der Waals surface area contributed by atoms with Crippen LogP contribution < -0.4 is 10.6 Å². The first-order chi connectivity index (χ1) is 8.69. The molecule has 3 nitrogen and oxygen atoms in total.